The van der Waals surface area contributed by atoms with Crippen molar-refractivity contribution in [2.45, 2.75) is 120 Å². The van der Waals surface area contributed by atoms with Gasteiger partial charge in [-0.05, 0) is 104 Å². The lowest BCUT2D eigenvalue weighted by Gasteiger charge is -2.60. The maximum absolute atomic E-state index is 13.0. The second-order valence-electron chi connectivity index (χ2n) is 15.4. The molecule has 0 N–H and O–H groups in total. The molecule has 1 unspecified atom stereocenters. The molecule has 3 aliphatic rings. The van der Waals surface area contributed by atoms with E-state index < -0.39 is 5.41 Å². The molecule has 0 aromatic rings. The van der Waals surface area contributed by atoms with Crippen molar-refractivity contribution in [1.29, 1.82) is 5.26 Å². The Morgan fingerprint density at radius 3 is 2.38 bits per heavy atom. The van der Waals surface area contributed by atoms with Gasteiger partial charge in [-0.2, -0.15) is 5.26 Å². The highest BCUT2D eigenvalue weighted by molar-refractivity contribution is 6.02. The Morgan fingerprint density at radius 2 is 1.82 bits per heavy atom. The summed E-state index contributed by atoms with van der Waals surface area (Å²) in [6.45, 7) is 21.1. The van der Waals surface area contributed by atoms with Crippen LogP contribution in [0.15, 0.2) is 23.3 Å². The van der Waals surface area contributed by atoms with Crippen LogP contribution in [0.3, 0.4) is 0 Å². The largest absolute Gasteiger partial charge is 0.385 e. The zero-order valence-corrected chi connectivity index (χ0v) is 26.6. The number of hydrogen-bond donors (Lipinski definition) is 0. The number of allylic oxidation sites excluding steroid dienone is 4. The van der Waals surface area contributed by atoms with E-state index in [1.54, 1.807) is 14.0 Å². The van der Waals surface area contributed by atoms with E-state index in [1.807, 2.05) is 19.1 Å². The van der Waals surface area contributed by atoms with Crippen molar-refractivity contribution in [3.8, 4) is 6.07 Å². The summed E-state index contributed by atoms with van der Waals surface area (Å²) in [4.78, 5) is 25.7. The zero-order valence-electron chi connectivity index (χ0n) is 26.6. The number of rotatable bonds is 9. The third kappa shape index (κ3) is 5.86. The highest BCUT2D eigenvalue weighted by Crippen LogP contribution is 2.66. The Morgan fingerprint density at radius 1 is 1.15 bits per heavy atom. The van der Waals surface area contributed by atoms with Crippen LogP contribution in [0.5, 0.6) is 0 Å². The first-order valence-electron chi connectivity index (χ1n) is 15.4. The van der Waals surface area contributed by atoms with E-state index in [1.165, 1.54) is 32.1 Å². The van der Waals surface area contributed by atoms with E-state index in [2.05, 4.69) is 54.5 Å². The van der Waals surface area contributed by atoms with Gasteiger partial charge in [-0.1, -0.05) is 67.0 Å². The molecule has 2 saturated carbocycles. The van der Waals surface area contributed by atoms with Crippen LogP contribution in [0.4, 0.5) is 0 Å². The molecule has 2 fully saturated rings. The summed E-state index contributed by atoms with van der Waals surface area (Å²) in [6.07, 6.45) is 14.0. The van der Waals surface area contributed by atoms with Gasteiger partial charge in [0.2, 0.25) is 0 Å². The number of Topliss-reactive ketones (excluding diaryl/α,β-unsaturated/α-hetero) is 1. The maximum atomic E-state index is 13.0. The van der Waals surface area contributed by atoms with Crippen molar-refractivity contribution >= 4 is 11.6 Å². The number of nitriles is 1. The minimum Gasteiger partial charge on any atom is -0.385 e. The maximum Gasteiger partial charge on any atom is 0.176 e. The number of carbonyl (C=O) groups is 2. The normalized spacial score (nSPS) is 37.7. The number of fused-ring (bicyclic) bond motifs is 1. The Kier molecular flexibility index (Phi) is 9.19. The van der Waals surface area contributed by atoms with Gasteiger partial charge in [0.25, 0.3) is 0 Å². The molecule has 4 heteroatoms. The van der Waals surface area contributed by atoms with Crippen LogP contribution in [0.2, 0.25) is 0 Å². The van der Waals surface area contributed by atoms with Crippen LogP contribution in [0, 0.1) is 56.2 Å². The van der Waals surface area contributed by atoms with Crippen LogP contribution in [-0.2, 0) is 14.3 Å². The quantitative estimate of drug-likeness (QED) is 0.218. The second kappa shape index (κ2) is 11.3. The molecule has 0 aromatic carbocycles. The minimum atomic E-state index is -0.480. The first-order valence-corrected chi connectivity index (χ1v) is 15.4. The molecule has 0 saturated heterocycles. The molecule has 0 amide bonds. The number of nitrogens with zero attached hydrogens (tertiary/aromatic N) is 1. The third-order valence-corrected chi connectivity index (χ3v) is 12.1. The van der Waals surface area contributed by atoms with E-state index in [4.69, 9.17) is 4.74 Å². The number of methoxy groups -OCH3 is 1. The molecule has 39 heavy (non-hydrogen) atoms. The lowest BCUT2D eigenvalue weighted by molar-refractivity contribution is -0.123. The average Bonchev–Trinajstić information content (AvgIpc) is 2.84. The van der Waals surface area contributed by atoms with E-state index >= 15 is 0 Å². The third-order valence-electron chi connectivity index (χ3n) is 12.1. The van der Waals surface area contributed by atoms with Crippen molar-refractivity contribution in [3.63, 3.8) is 0 Å². The molecule has 0 spiro atoms. The Hall–Kier alpha value is -1.73. The summed E-state index contributed by atoms with van der Waals surface area (Å²) in [5, 5.41) is 9.81. The molecule has 0 bridgehead atoms. The van der Waals surface area contributed by atoms with Gasteiger partial charge in [0.05, 0.1) is 5.57 Å². The Bertz CT molecular complexity index is 1060. The number of ether oxygens (including phenoxy) is 1. The summed E-state index contributed by atoms with van der Waals surface area (Å²) in [5.74, 6) is 0.556. The highest BCUT2D eigenvalue weighted by atomic mass is 16.5. The van der Waals surface area contributed by atoms with E-state index in [0.717, 1.165) is 37.9 Å². The van der Waals surface area contributed by atoms with Gasteiger partial charge in [0, 0.05) is 25.0 Å². The minimum absolute atomic E-state index is 0.0442. The van der Waals surface area contributed by atoms with Crippen molar-refractivity contribution in [2.24, 2.45) is 44.8 Å². The SMILES string of the molecule is COCCC[C@]1(CCC(C)(C)[C@]2(C)CC[C@H]3[C@H](C)C(=O)C(C#N)=C[C@]3(C)/C2=C/C(C)=O)CCC(C)(C)CC1C. The van der Waals surface area contributed by atoms with Crippen LogP contribution in [-0.4, -0.2) is 25.3 Å². The summed E-state index contributed by atoms with van der Waals surface area (Å²) >= 11 is 0. The molecular weight excluding hydrogens is 482 g/mol. The van der Waals surface area contributed by atoms with Gasteiger partial charge < -0.3 is 4.74 Å². The van der Waals surface area contributed by atoms with Crippen LogP contribution in [0.25, 0.3) is 0 Å². The van der Waals surface area contributed by atoms with Crippen molar-refractivity contribution in [1.82, 2.24) is 0 Å². The summed E-state index contributed by atoms with van der Waals surface area (Å²) < 4.78 is 5.47. The van der Waals surface area contributed by atoms with E-state index in [9.17, 15) is 14.9 Å². The van der Waals surface area contributed by atoms with Crippen molar-refractivity contribution < 1.29 is 14.3 Å². The Balaban J connectivity index is 2.00. The van der Waals surface area contributed by atoms with Crippen molar-refractivity contribution in [2.75, 3.05) is 13.7 Å². The predicted octanol–water partition coefficient (Wildman–Crippen LogP) is 8.66. The summed E-state index contributed by atoms with van der Waals surface area (Å²) in [6, 6.07) is 2.18. The van der Waals surface area contributed by atoms with Gasteiger partial charge in [-0.3, -0.25) is 9.59 Å². The molecular formula is C35H55NO3. The van der Waals surface area contributed by atoms with Gasteiger partial charge in [0.1, 0.15) is 6.07 Å². The smallest absolute Gasteiger partial charge is 0.176 e. The lowest BCUT2D eigenvalue weighted by Crippen LogP contribution is -2.53. The molecule has 218 valence electrons. The number of ketones is 2. The van der Waals surface area contributed by atoms with Crippen LogP contribution >= 0.6 is 0 Å². The highest BCUT2D eigenvalue weighted by Gasteiger charge is 2.58. The fourth-order valence-corrected chi connectivity index (χ4v) is 8.99. The van der Waals surface area contributed by atoms with Crippen molar-refractivity contribution in [3.05, 3.63) is 23.3 Å². The van der Waals surface area contributed by atoms with Crippen LogP contribution in [0.1, 0.15) is 120 Å². The molecule has 3 rings (SSSR count). The van der Waals surface area contributed by atoms with E-state index in [0.29, 0.717) is 16.7 Å². The first kappa shape index (κ1) is 31.8. The molecule has 4 nitrogen and oxygen atoms in total. The monoisotopic (exact) mass is 537 g/mol. The van der Waals surface area contributed by atoms with Gasteiger partial charge in [0.15, 0.2) is 11.6 Å². The lowest BCUT2D eigenvalue weighted by atomic mass is 9.44. The van der Waals surface area contributed by atoms with Gasteiger partial charge in [-0.25, -0.2) is 0 Å². The molecule has 6 atom stereocenters. The van der Waals surface area contributed by atoms with Crippen LogP contribution < -0.4 is 0 Å². The first-order chi connectivity index (χ1) is 18.0. The summed E-state index contributed by atoms with van der Waals surface area (Å²) in [7, 11) is 1.80. The molecule has 0 radical (unpaired) electrons. The molecule has 0 aromatic heterocycles. The van der Waals surface area contributed by atoms with E-state index in [-0.39, 0.29) is 39.8 Å². The Labute approximate surface area is 239 Å². The second-order valence-corrected chi connectivity index (χ2v) is 15.4. The predicted molar refractivity (Wildman–Crippen MR) is 159 cm³/mol. The fraction of sp³-hybridized carbons (Fsp3) is 0.800. The number of hydrogen-bond acceptors (Lipinski definition) is 4. The van der Waals surface area contributed by atoms with Gasteiger partial charge in [-0.15, -0.1) is 0 Å². The molecule has 3 aliphatic carbocycles. The molecule has 0 aliphatic heterocycles. The summed E-state index contributed by atoms with van der Waals surface area (Å²) in [5.41, 5.74) is 1.34. The topological polar surface area (TPSA) is 67.2 Å². The standard InChI is InChI=1S/C35H55NO3/c1-24-21-31(4,5)15-17-35(24,13-11-19-39-10)18-16-32(6,7)34(9)14-12-28-26(3)30(38)27(23-36)22-33(28,8)29(34)20-25(2)37/h20,22,24,26,28H,11-19,21H2,1-10H3/b29-20-/t24?,26-,28-,33-,34+,35+/m0/s1. The zero-order chi connectivity index (χ0) is 29.4. The molecule has 0 heterocycles. The average molecular weight is 538 g/mol. The van der Waals surface area contributed by atoms with Gasteiger partial charge >= 0.3 is 0 Å². The fourth-order valence-electron chi connectivity index (χ4n) is 8.99. The number of carbonyl (C=O) groups excluding carboxylic acids is 2.